The van der Waals surface area contributed by atoms with Crippen LogP contribution in [0.2, 0.25) is 0 Å². The van der Waals surface area contributed by atoms with E-state index in [-0.39, 0.29) is 18.2 Å². The average molecular weight is 370 g/mol. The summed E-state index contributed by atoms with van der Waals surface area (Å²) in [6.45, 7) is 0.207. The summed E-state index contributed by atoms with van der Waals surface area (Å²) >= 11 is 8.88. The highest BCUT2D eigenvalue weighted by molar-refractivity contribution is 9.10. The number of rotatable bonds is 4. The van der Waals surface area contributed by atoms with Gasteiger partial charge >= 0.3 is 0 Å². The van der Waals surface area contributed by atoms with Gasteiger partial charge in [0.05, 0.1) is 27.1 Å². The molecule has 0 N–H and O–H groups in total. The quantitative estimate of drug-likeness (QED) is 0.779. The van der Waals surface area contributed by atoms with E-state index >= 15 is 0 Å². The Morgan fingerprint density at radius 3 is 2.74 bits per heavy atom. The minimum atomic E-state index is -3.11. The van der Waals surface area contributed by atoms with Crippen LogP contribution in [0, 0.1) is 5.82 Å². The van der Waals surface area contributed by atoms with E-state index in [1.165, 1.54) is 6.07 Å². The third kappa shape index (κ3) is 3.27. The molecule has 19 heavy (non-hydrogen) atoms. The maximum Gasteiger partial charge on any atom is 0.149 e. The minimum Gasteiger partial charge on any atom is -0.326 e. The van der Waals surface area contributed by atoms with Crippen molar-refractivity contribution in [2.75, 3.05) is 12.0 Å². The molecular weight excluding hydrogens is 359 g/mol. The summed E-state index contributed by atoms with van der Waals surface area (Å²) in [7, 11) is -3.11. The van der Waals surface area contributed by atoms with Crippen LogP contribution in [0.15, 0.2) is 16.6 Å². The van der Waals surface area contributed by atoms with Crippen LogP contribution in [-0.2, 0) is 22.3 Å². The molecule has 1 aromatic carbocycles. The molecule has 0 spiro atoms. The molecule has 0 saturated carbocycles. The van der Waals surface area contributed by atoms with Crippen molar-refractivity contribution < 1.29 is 12.8 Å². The van der Waals surface area contributed by atoms with Crippen LogP contribution in [-0.4, -0.2) is 30.0 Å². The van der Waals surface area contributed by atoms with E-state index in [9.17, 15) is 12.8 Å². The lowest BCUT2D eigenvalue weighted by Gasteiger charge is -2.06. The summed E-state index contributed by atoms with van der Waals surface area (Å²) < 4.78 is 38.0. The van der Waals surface area contributed by atoms with Crippen molar-refractivity contribution in [1.82, 2.24) is 9.55 Å². The Morgan fingerprint density at radius 2 is 2.16 bits per heavy atom. The lowest BCUT2D eigenvalue weighted by Crippen LogP contribution is -2.13. The molecule has 0 saturated heterocycles. The summed E-state index contributed by atoms with van der Waals surface area (Å²) in [4.78, 5) is 4.27. The Kier molecular flexibility index (Phi) is 4.17. The van der Waals surface area contributed by atoms with Gasteiger partial charge in [-0.2, -0.15) is 0 Å². The highest BCUT2D eigenvalue weighted by Gasteiger charge is 2.14. The average Bonchev–Trinajstić information content (AvgIpc) is 2.63. The molecule has 0 atom stereocenters. The molecule has 2 aromatic rings. The standard InChI is InChI=1S/C11H11BrClFN2O2S/c1-19(17,18)3-2-16-10-5-8(14)7(12)4-9(10)15-11(16)6-13/h4-5H,2-3,6H2,1H3. The van der Waals surface area contributed by atoms with Crippen LogP contribution in [0.4, 0.5) is 4.39 Å². The number of nitrogens with zero attached hydrogens (tertiary/aromatic N) is 2. The number of halogens is 3. The zero-order valence-electron chi connectivity index (χ0n) is 10.0. The number of sulfone groups is 1. The maximum absolute atomic E-state index is 13.6. The molecular formula is C11H11BrClFN2O2S. The molecule has 0 unspecified atom stereocenters. The molecule has 0 bridgehead atoms. The Morgan fingerprint density at radius 1 is 1.47 bits per heavy atom. The van der Waals surface area contributed by atoms with Crippen molar-refractivity contribution >= 4 is 48.4 Å². The molecule has 0 aliphatic heterocycles. The van der Waals surface area contributed by atoms with Gasteiger partial charge in [-0.15, -0.1) is 11.6 Å². The SMILES string of the molecule is CS(=O)(=O)CCn1c(CCl)nc2cc(Br)c(F)cc21. The third-order valence-electron chi connectivity index (χ3n) is 2.67. The predicted octanol–water partition coefficient (Wildman–Crippen LogP) is 2.72. The topological polar surface area (TPSA) is 52.0 Å². The fourth-order valence-corrected chi connectivity index (χ4v) is 2.83. The smallest absolute Gasteiger partial charge is 0.149 e. The Bertz CT molecular complexity index is 730. The van der Waals surface area contributed by atoms with Crippen molar-refractivity contribution in [3.63, 3.8) is 0 Å². The molecule has 0 aliphatic rings. The largest absolute Gasteiger partial charge is 0.326 e. The van der Waals surface area contributed by atoms with Gasteiger partial charge in [-0.05, 0) is 22.0 Å². The van der Waals surface area contributed by atoms with Gasteiger partial charge < -0.3 is 4.57 Å². The van der Waals surface area contributed by atoms with Gasteiger partial charge in [0.25, 0.3) is 0 Å². The number of hydrogen-bond donors (Lipinski definition) is 0. The number of hydrogen-bond acceptors (Lipinski definition) is 3. The Balaban J connectivity index is 2.54. The van der Waals surface area contributed by atoms with Crippen molar-refractivity contribution in [1.29, 1.82) is 0 Å². The molecule has 1 heterocycles. The molecule has 104 valence electrons. The Labute approximate surface area is 123 Å². The molecule has 0 fully saturated rings. The highest BCUT2D eigenvalue weighted by Crippen LogP contribution is 2.24. The summed E-state index contributed by atoms with van der Waals surface area (Å²) in [5, 5.41) is 0. The number of benzene rings is 1. The fraction of sp³-hybridized carbons (Fsp3) is 0.364. The lowest BCUT2D eigenvalue weighted by molar-refractivity contribution is 0.594. The van der Waals surface area contributed by atoms with Gasteiger partial charge in [0.2, 0.25) is 0 Å². The Hall–Kier alpha value is -0.660. The van der Waals surface area contributed by atoms with Crippen molar-refractivity contribution in [2.24, 2.45) is 0 Å². The van der Waals surface area contributed by atoms with Crippen LogP contribution in [0.1, 0.15) is 5.82 Å². The molecule has 2 rings (SSSR count). The zero-order chi connectivity index (χ0) is 14.2. The van der Waals surface area contributed by atoms with Gasteiger partial charge in [0.15, 0.2) is 0 Å². The second-order valence-electron chi connectivity index (χ2n) is 4.20. The second kappa shape index (κ2) is 5.38. The minimum absolute atomic E-state index is 0.0416. The van der Waals surface area contributed by atoms with E-state index in [0.717, 1.165) is 6.26 Å². The van der Waals surface area contributed by atoms with E-state index in [1.807, 2.05) is 0 Å². The maximum atomic E-state index is 13.6. The number of alkyl halides is 1. The summed E-state index contributed by atoms with van der Waals surface area (Å²) in [6, 6.07) is 2.88. The van der Waals surface area contributed by atoms with Crippen molar-refractivity contribution in [3.8, 4) is 0 Å². The van der Waals surface area contributed by atoms with Gasteiger partial charge in [-0.3, -0.25) is 0 Å². The predicted molar refractivity (Wildman–Crippen MR) is 76.7 cm³/mol. The van der Waals surface area contributed by atoms with Crippen LogP contribution in [0.3, 0.4) is 0 Å². The van der Waals surface area contributed by atoms with Crippen LogP contribution >= 0.6 is 27.5 Å². The number of aromatic nitrogens is 2. The summed E-state index contributed by atoms with van der Waals surface area (Å²) in [6.07, 6.45) is 1.16. The van der Waals surface area contributed by atoms with Crippen LogP contribution in [0.5, 0.6) is 0 Å². The van der Waals surface area contributed by atoms with E-state index in [1.54, 1.807) is 10.6 Å². The second-order valence-corrected chi connectivity index (χ2v) is 7.58. The summed E-state index contributed by atoms with van der Waals surface area (Å²) in [5.74, 6) is 0.199. The van der Waals surface area contributed by atoms with Gasteiger partial charge in [0, 0.05) is 18.9 Å². The van der Waals surface area contributed by atoms with Crippen molar-refractivity contribution in [2.45, 2.75) is 12.4 Å². The molecule has 8 heteroatoms. The first kappa shape index (κ1) is 14.7. The molecule has 1 aromatic heterocycles. The fourth-order valence-electron chi connectivity index (χ4n) is 1.78. The highest BCUT2D eigenvalue weighted by atomic mass is 79.9. The summed E-state index contributed by atoms with van der Waals surface area (Å²) in [5.41, 5.74) is 1.12. The third-order valence-corrected chi connectivity index (χ3v) is 4.45. The first-order valence-corrected chi connectivity index (χ1v) is 8.78. The van der Waals surface area contributed by atoms with Crippen LogP contribution in [0.25, 0.3) is 11.0 Å². The lowest BCUT2D eigenvalue weighted by atomic mass is 10.3. The molecule has 0 radical (unpaired) electrons. The number of fused-ring (bicyclic) bond motifs is 1. The monoisotopic (exact) mass is 368 g/mol. The van der Waals surface area contributed by atoms with Crippen LogP contribution < -0.4 is 0 Å². The normalized spacial score (nSPS) is 12.2. The molecule has 0 aliphatic carbocycles. The molecule has 4 nitrogen and oxygen atoms in total. The van der Waals surface area contributed by atoms with Crippen molar-refractivity contribution in [3.05, 3.63) is 28.2 Å². The zero-order valence-corrected chi connectivity index (χ0v) is 13.2. The van der Waals surface area contributed by atoms with E-state index in [0.29, 0.717) is 21.3 Å². The van der Waals surface area contributed by atoms with Gasteiger partial charge in [0.1, 0.15) is 21.5 Å². The first-order valence-electron chi connectivity index (χ1n) is 5.39. The molecule has 0 amide bonds. The van der Waals surface area contributed by atoms with Gasteiger partial charge in [-0.1, -0.05) is 0 Å². The number of imidazole rings is 1. The van der Waals surface area contributed by atoms with Gasteiger partial charge in [-0.25, -0.2) is 17.8 Å². The number of aryl methyl sites for hydroxylation is 1. The van der Waals surface area contributed by atoms with E-state index in [4.69, 9.17) is 11.6 Å². The van der Waals surface area contributed by atoms with E-state index < -0.39 is 15.7 Å². The first-order chi connectivity index (χ1) is 8.81. The van der Waals surface area contributed by atoms with E-state index in [2.05, 4.69) is 20.9 Å².